The Morgan fingerprint density at radius 3 is 2.74 bits per heavy atom. The van der Waals surface area contributed by atoms with Crippen LogP contribution in [0.4, 0.5) is 5.82 Å². The SMILES string of the molecule is CCc1cc(C(=O)Nc2cc(CC)[nH]n2)cc(Cl)n1. The number of pyridine rings is 1. The maximum atomic E-state index is 12.1. The van der Waals surface area contributed by atoms with Crippen LogP contribution in [0, 0.1) is 0 Å². The van der Waals surface area contributed by atoms with Crippen LogP contribution in [-0.4, -0.2) is 21.1 Å². The molecular weight excluding hydrogens is 264 g/mol. The number of carbonyl (C=O) groups excluding carboxylic acids is 1. The number of anilines is 1. The molecule has 1 amide bonds. The maximum absolute atomic E-state index is 12.1. The quantitative estimate of drug-likeness (QED) is 0.845. The van der Waals surface area contributed by atoms with Crippen LogP contribution in [0.2, 0.25) is 5.15 Å². The van der Waals surface area contributed by atoms with Gasteiger partial charge in [0.1, 0.15) is 5.15 Å². The van der Waals surface area contributed by atoms with E-state index in [0.717, 1.165) is 24.2 Å². The number of halogens is 1. The van der Waals surface area contributed by atoms with Crippen molar-refractivity contribution in [3.8, 4) is 0 Å². The summed E-state index contributed by atoms with van der Waals surface area (Å²) >= 11 is 5.89. The first-order valence-electron chi connectivity index (χ1n) is 6.14. The molecule has 0 fully saturated rings. The van der Waals surface area contributed by atoms with E-state index in [2.05, 4.69) is 20.5 Å². The highest BCUT2D eigenvalue weighted by molar-refractivity contribution is 6.29. The number of carbonyl (C=O) groups is 1. The lowest BCUT2D eigenvalue weighted by atomic mass is 10.2. The van der Waals surface area contributed by atoms with Crippen molar-refractivity contribution in [1.82, 2.24) is 15.2 Å². The molecule has 0 aliphatic carbocycles. The van der Waals surface area contributed by atoms with Gasteiger partial charge >= 0.3 is 0 Å². The smallest absolute Gasteiger partial charge is 0.257 e. The van der Waals surface area contributed by atoms with E-state index in [1.165, 1.54) is 0 Å². The van der Waals surface area contributed by atoms with Gasteiger partial charge in [-0.2, -0.15) is 5.10 Å². The summed E-state index contributed by atoms with van der Waals surface area (Å²) < 4.78 is 0. The number of H-pyrrole nitrogens is 1. The number of nitrogens with zero attached hydrogens (tertiary/aromatic N) is 2. The maximum Gasteiger partial charge on any atom is 0.257 e. The van der Waals surface area contributed by atoms with E-state index in [-0.39, 0.29) is 5.91 Å². The van der Waals surface area contributed by atoms with Crippen LogP contribution in [0.3, 0.4) is 0 Å². The molecule has 0 radical (unpaired) electrons. The van der Waals surface area contributed by atoms with Crippen molar-refractivity contribution in [2.75, 3.05) is 5.32 Å². The van der Waals surface area contributed by atoms with E-state index in [0.29, 0.717) is 16.5 Å². The first kappa shape index (κ1) is 13.5. The highest BCUT2D eigenvalue weighted by atomic mass is 35.5. The molecule has 6 heteroatoms. The zero-order chi connectivity index (χ0) is 13.8. The Morgan fingerprint density at radius 1 is 1.32 bits per heavy atom. The fourth-order valence-corrected chi connectivity index (χ4v) is 1.88. The van der Waals surface area contributed by atoms with Crippen LogP contribution in [-0.2, 0) is 12.8 Å². The molecule has 0 aliphatic rings. The Bertz CT molecular complexity index is 594. The molecule has 19 heavy (non-hydrogen) atoms. The molecule has 0 atom stereocenters. The molecule has 2 heterocycles. The number of aryl methyl sites for hydroxylation is 2. The number of amides is 1. The van der Waals surface area contributed by atoms with Crippen molar-refractivity contribution < 1.29 is 4.79 Å². The standard InChI is InChI=1S/C13H15ClN4O/c1-3-9-5-8(6-11(14)15-9)13(19)16-12-7-10(4-2)17-18-12/h5-7H,3-4H2,1-2H3,(H2,16,17,18,19). The predicted octanol–water partition coefficient (Wildman–Crippen LogP) is 2.84. The average Bonchev–Trinajstić information content (AvgIpc) is 2.85. The van der Waals surface area contributed by atoms with E-state index < -0.39 is 0 Å². The highest BCUT2D eigenvalue weighted by Gasteiger charge is 2.10. The molecule has 2 aromatic rings. The van der Waals surface area contributed by atoms with Crippen molar-refractivity contribution in [2.45, 2.75) is 26.7 Å². The normalized spacial score (nSPS) is 10.5. The Morgan fingerprint density at radius 2 is 2.11 bits per heavy atom. The average molecular weight is 279 g/mol. The minimum absolute atomic E-state index is 0.242. The molecule has 0 saturated heterocycles. The van der Waals surface area contributed by atoms with Gasteiger partial charge < -0.3 is 5.32 Å². The fraction of sp³-hybridized carbons (Fsp3) is 0.308. The molecule has 5 nitrogen and oxygen atoms in total. The molecule has 2 rings (SSSR count). The lowest BCUT2D eigenvalue weighted by Crippen LogP contribution is -2.13. The van der Waals surface area contributed by atoms with Gasteiger partial charge in [0.2, 0.25) is 0 Å². The highest BCUT2D eigenvalue weighted by Crippen LogP contribution is 2.14. The van der Waals surface area contributed by atoms with Gasteiger partial charge in [-0.15, -0.1) is 0 Å². The van der Waals surface area contributed by atoms with E-state index in [1.54, 1.807) is 18.2 Å². The lowest BCUT2D eigenvalue weighted by Gasteiger charge is -2.04. The second-order valence-corrected chi connectivity index (χ2v) is 4.50. The zero-order valence-electron chi connectivity index (χ0n) is 10.8. The van der Waals surface area contributed by atoms with Gasteiger partial charge in [-0.1, -0.05) is 25.4 Å². The summed E-state index contributed by atoms with van der Waals surface area (Å²) in [6, 6.07) is 5.08. The Balaban J connectivity index is 2.17. The van der Waals surface area contributed by atoms with Crippen LogP contribution in [0.1, 0.15) is 35.6 Å². The third-order valence-electron chi connectivity index (χ3n) is 2.72. The molecule has 100 valence electrons. The summed E-state index contributed by atoms with van der Waals surface area (Å²) in [7, 11) is 0. The first-order valence-corrected chi connectivity index (χ1v) is 6.52. The van der Waals surface area contributed by atoms with Gasteiger partial charge in [0.15, 0.2) is 5.82 Å². The minimum Gasteiger partial charge on any atom is -0.305 e. The third-order valence-corrected chi connectivity index (χ3v) is 2.92. The van der Waals surface area contributed by atoms with Crippen LogP contribution in [0.5, 0.6) is 0 Å². The van der Waals surface area contributed by atoms with Crippen LogP contribution in [0.15, 0.2) is 18.2 Å². The van der Waals surface area contributed by atoms with Gasteiger partial charge in [0.25, 0.3) is 5.91 Å². The second-order valence-electron chi connectivity index (χ2n) is 4.11. The van der Waals surface area contributed by atoms with Gasteiger partial charge in [0, 0.05) is 23.0 Å². The second kappa shape index (κ2) is 5.84. The Kier molecular flexibility index (Phi) is 4.16. The first-order chi connectivity index (χ1) is 9.12. The summed E-state index contributed by atoms with van der Waals surface area (Å²) in [6.07, 6.45) is 1.56. The van der Waals surface area contributed by atoms with Crippen molar-refractivity contribution in [3.63, 3.8) is 0 Å². The van der Waals surface area contributed by atoms with Crippen molar-refractivity contribution >= 4 is 23.3 Å². The number of nitrogens with one attached hydrogen (secondary N) is 2. The largest absolute Gasteiger partial charge is 0.305 e. The summed E-state index contributed by atoms with van der Waals surface area (Å²) in [6.45, 7) is 3.97. The third kappa shape index (κ3) is 3.32. The van der Waals surface area contributed by atoms with Gasteiger partial charge in [-0.25, -0.2) is 4.98 Å². The lowest BCUT2D eigenvalue weighted by molar-refractivity contribution is 0.102. The van der Waals surface area contributed by atoms with Crippen LogP contribution in [0.25, 0.3) is 0 Å². The molecule has 0 spiro atoms. The van der Waals surface area contributed by atoms with Crippen molar-refractivity contribution in [1.29, 1.82) is 0 Å². The monoisotopic (exact) mass is 278 g/mol. The van der Waals surface area contributed by atoms with Crippen molar-refractivity contribution in [3.05, 3.63) is 40.3 Å². The van der Waals surface area contributed by atoms with E-state index in [1.807, 2.05) is 13.8 Å². The topological polar surface area (TPSA) is 70.7 Å². The zero-order valence-corrected chi connectivity index (χ0v) is 11.6. The van der Waals surface area contributed by atoms with Crippen LogP contribution >= 0.6 is 11.6 Å². The summed E-state index contributed by atoms with van der Waals surface area (Å²) in [5.41, 5.74) is 2.24. The molecular formula is C13H15ClN4O. The number of hydrogen-bond acceptors (Lipinski definition) is 3. The summed E-state index contributed by atoms with van der Waals surface area (Å²) in [5, 5.41) is 9.90. The molecule has 2 N–H and O–H groups in total. The van der Waals surface area contributed by atoms with E-state index in [9.17, 15) is 4.79 Å². The Labute approximate surface area is 116 Å². The van der Waals surface area contributed by atoms with Gasteiger partial charge in [-0.05, 0) is 25.0 Å². The number of hydrogen-bond donors (Lipinski definition) is 2. The van der Waals surface area contributed by atoms with E-state index in [4.69, 9.17) is 11.6 Å². The van der Waals surface area contributed by atoms with Gasteiger partial charge in [0.05, 0.1) is 0 Å². The number of aromatic nitrogens is 3. The Hall–Kier alpha value is -1.88. The number of rotatable bonds is 4. The fourth-order valence-electron chi connectivity index (χ4n) is 1.66. The minimum atomic E-state index is -0.242. The van der Waals surface area contributed by atoms with Gasteiger partial charge in [-0.3, -0.25) is 9.89 Å². The molecule has 2 aromatic heterocycles. The predicted molar refractivity (Wildman–Crippen MR) is 74.5 cm³/mol. The summed E-state index contributed by atoms with van der Waals surface area (Å²) in [4.78, 5) is 16.2. The summed E-state index contributed by atoms with van der Waals surface area (Å²) in [5.74, 6) is 0.265. The molecule has 0 unspecified atom stereocenters. The van der Waals surface area contributed by atoms with Crippen LogP contribution < -0.4 is 5.32 Å². The molecule has 0 aliphatic heterocycles. The molecule has 0 bridgehead atoms. The molecule has 0 saturated carbocycles. The van der Waals surface area contributed by atoms with Crippen molar-refractivity contribution in [2.24, 2.45) is 0 Å². The molecule has 0 aromatic carbocycles. The van der Waals surface area contributed by atoms with E-state index >= 15 is 0 Å². The number of aromatic amines is 1.